The predicted molar refractivity (Wildman–Crippen MR) is 53.0 cm³/mol. The van der Waals surface area contributed by atoms with E-state index < -0.39 is 7.60 Å². The molecule has 0 aliphatic heterocycles. The third-order valence-electron chi connectivity index (χ3n) is 2.10. The maximum absolute atomic E-state index is 10.5. The van der Waals surface area contributed by atoms with Crippen molar-refractivity contribution in [3.8, 4) is 0 Å². The Morgan fingerprint density at radius 3 is 2.43 bits per heavy atom. The standard InChI is InChI=1S/C8H20NO4P/c1-9(2,6-7-13-3)5-4-8-14(10,11)12/h4-8H2,1-3H3,(H-,10,11,12). The number of hydrogen-bond donors (Lipinski definition) is 1. The van der Waals surface area contributed by atoms with E-state index in [1.165, 1.54) is 0 Å². The summed E-state index contributed by atoms with van der Waals surface area (Å²) >= 11 is 0. The monoisotopic (exact) mass is 225 g/mol. The molecule has 0 heterocycles. The molecule has 5 nitrogen and oxygen atoms in total. The van der Waals surface area contributed by atoms with E-state index in [1.54, 1.807) is 7.11 Å². The highest BCUT2D eigenvalue weighted by Crippen LogP contribution is 2.29. The van der Waals surface area contributed by atoms with Crippen molar-refractivity contribution in [2.24, 2.45) is 0 Å². The van der Waals surface area contributed by atoms with Gasteiger partial charge in [0.2, 0.25) is 0 Å². The third kappa shape index (κ3) is 8.66. The first-order valence-electron chi connectivity index (χ1n) is 4.61. The second-order valence-corrected chi connectivity index (χ2v) is 5.81. The predicted octanol–water partition coefficient (Wildman–Crippen LogP) is -0.355. The van der Waals surface area contributed by atoms with E-state index in [0.29, 0.717) is 17.5 Å². The van der Waals surface area contributed by atoms with Crippen LogP contribution in [0.4, 0.5) is 0 Å². The van der Waals surface area contributed by atoms with Crippen LogP contribution in [0.25, 0.3) is 0 Å². The molecule has 0 bridgehead atoms. The Hall–Kier alpha value is 0.0700. The molecule has 0 aromatic heterocycles. The number of rotatable bonds is 7. The molecule has 0 fully saturated rings. The Labute approximate surface area is 85.4 Å². The summed E-state index contributed by atoms with van der Waals surface area (Å²) in [6.45, 7) is 2.21. The molecule has 0 radical (unpaired) electrons. The molecular weight excluding hydrogens is 205 g/mol. The summed E-state index contributed by atoms with van der Waals surface area (Å²) in [5, 5.41) is 0. The van der Waals surface area contributed by atoms with Gasteiger partial charge in [-0.3, -0.25) is 0 Å². The molecule has 1 atom stereocenters. The van der Waals surface area contributed by atoms with E-state index >= 15 is 0 Å². The number of hydrogen-bond acceptors (Lipinski definition) is 3. The first-order chi connectivity index (χ1) is 6.27. The van der Waals surface area contributed by atoms with Crippen LogP contribution in [0.15, 0.2) is 0 Å². The molecule has 0 saturated heterocycles. The van der Waals surface area contributed by atoms with Crippen molar-refractivity contribution in [3.63, 3.8) is 0 Å². The normalized spacial score (nSPS) is 16.6. The number of quaternary nitrogens is 1. The van der Waals surface area contributed by atoms with E-state index in [1.807, 2.05) is 14.1 Å². The van der Waals surface area contributed by atoms with Crippen molar-refractivity contribution in [1.82, 2.24) is 0 Å². The summed E-state index contributed by atoms with van der Waals surface area (Å²) in [6.07, 6.45) is 0.343. The Morgan fingerprint density at radius 2 is 2.00 bits per heavy atom. The van der Waals surface area contributed by atoms with Gasteiger partial charge in [-0.05, 0) is 0 Å². The van der Waals surface area contributed by atoms with Gasteiger partial charge in [0.25, 0.3) is 0 Å². The van der Waals surface area contributed by atoms with E-state index in [2.05, 4.69) is 0 Å². The highest BCUT2D eigenvalue weighted by molar-refractivity contribution is 7.50. The van der Waals surface area contributed by atoms with Crippen LogP contribution in [-0.2, 0) is 9.30 Å². The lowest BCUT2D eigenvalue weighted by Gasteiger charge is -2.30. The van der Waals surface area contributed by atoms with Crippen molar-refractivity contribution in [2.75, 3.05) is 47.1 Å². The molecule has 1 N–H and O–H groups in total. The number of methoxy groups -OCH3 is 1. The quantitative estimate of drug-likeness (QED) is 0.474. The highest BCUT2D eigenvalue weighted by atomic mass is 31.2. The van der Waals surface area contributed by atoms with Crippen molar-refractivity contribution in [1.29, 1.82) is 0 Å². The molecule has 0 spiro atoms. The summed E-state index contributed by atoms with van der Waals surface area (Å²) in [4.78, 5) is 19.0. The van der Waals surface area contributed by atoms with Gasteiger partial charge in [0.05, 0.1) is 27.2 Å². The van der Waals surface area contributed by atoms with Crippen molar-refractivity contribution >= 4 is 7.60 Å². The fourth-order valence-electron chi connectivity index (χ4n) is 1.15. The zero-order valence-corrected chi connectivity index (χ0v) is 10.00. The van der Waals surface area contributed by atoms with Gasteiger partial charge >= 0.3 is 0 Å². The molecule has 6 heteroatoms. The van der Waals surface area contributed by atoms with E-state index in [0.717, 1.165) is 13.1 Å². The molecule has 1 unspecified atom stereocenters. The Morgan fingerprint density at radius 1 is 1.43 bits per heavy atom. The zero-order valence-electron chi connectivity index (χ0n) is 9.10. The Balaban J connectivity index is 3.70. The van der Waals surface area contributed by atoms with Crippen LogP contribution in [0.1, 0.15) is 6.42 Å². The average Bonchev–Trinajstić information content (AvgIpc) is 1.98. The van der Waals surface area contributed by atoms with Gasteiger partial charge < -0.3 is 23.6 Å². The minimum absolute atomic E-state index is 0.137. The minimum Gasteiger partial charge on any atom is -0.779 e. The molecule has 0 saturated carbocycles. The Bertz CT molecular complexity index is 202. The first kappa shape index (κ1) is 14.1. The molecule has 0 aliphatic rings. The first-order valence-corrected chi connectivity index (χ1v) is 6.37. The third-order valence-corrected chi connectivity index (χ3v) is 2.99. The van der Waals surface area contributed by atoms with Gasteiger partial charge in [0, 0.05) is 19.7 Å². The van der Waals surface area contributed by atoms with Crippen LogP contribution in [-0.4, -0.2) is 56.4 Å². The molecule has 0 rings (SSSR count). The van der Waals surface area contributed by atoms with Crippen LogP contribution in [0.5, 0.6) is 0 Å². The lowest BCUT2D eigenvalue weighted by Crippen LogP contribution is -2.43. The second-order valence-electron chi connectivity index (χ2n) is 4.09. The Kier molecular flexibility index (Phi) is 5.86. The second kappa shape index (κ2) is 5.83. The van der Waals surface area contributed by atoms with Gasteiger partial charge in [-0.2, -0.15) is 0 Å². The largest absolute Gasteiger partial charge is 0.779 e. The maximum Gasteiger partial charge on any atom is 0.132 e. The summed E-state index contributed by atoms with van der Waals surface area (Å²) < 4.78 is 16.1. The molecule has 86 valence electrons. The molecule has 0 aliphatic carbocycles. The minimum atomic E-state index is -4.07. The van der Waals surface area contributed by atoms with Crippen LogP contribution >= 0.6 is 7.60 Å². The molecule has 0 amide bonds. The van der Waals surface area contributed by atoms with Crippen LogP contribution in [0.2, 0.25) is 0 Å². The molecular formula is C8H20NO4P. The number of nitrogens with zero attached hydrogens (tertiary/aromatic N) is 1. The molecule has 0 aromatic carbocycles. The van der Waals surface area contributed by atoms with E-state index in [4.69, 9.17) is 9.63 Å². The maximum atomic E-state index is 10.5. The zero-order chi connectivity index (χ0) is 11.2. The lowest BCUT2D eigenvalue weighted by atomic mass is 10.4. The van der Waals surface area contributed by atoms with Gasteiger partial charge in [-0.15, -0.1) is 0 Å². The fraction of sp³-hybridized carbons (Fsp3) is 1.00. The summed E-state index contributed by atoms with van der Waals surface area (Å²) in [5.41, 5.74) is 0. The average molecular weight is 225 g/mol. The van der Waals surface area contributed by atoms with Crippen molar-refractivity contribution < 1.29 is 23.6 Å². The topological polar surface area (TPSA) is 69.6 Å². The summed E-state index contributed by atoms with van der Waals surface area (Å²) in [5.74, 6) is 0. The molecule has 14 heavy (non-hydrogen) atoms. The SMILES string of the molecule is COCC[N+](C)(C)CCCP(=O)([O-])O. The highest BCUT2D eigenvalue weighted by Gasteiger charge is 2.15. The van der Waals surface area contributed by atoms with Gasteiger partial charge in [-0.25, -0.2) is 0 Å². The van der Waals surface area contributed by atoms with E-state index in [-0.39, 0.29) is 6.16 Å². The molecule has 0 aromatic rings. The van der Waals surface area contributed by atoms with Crippen LogP contribution in [0, 0.1) is 0 Å². The van der Waals surface area contributed by atoms with E-state index in [9.17, 15) is 9.46 Å². The van der Waals surface area contributed by atoms with Crippen molar-refractivity contribution in [2.45, 2.75) is 6.42 Å². The lowest BCUT2D eigenvalue weighted by molar-refractivity contribution is -0.890. The number of ether oxygens (including phenoxy) is 1. The number of likely N-dealkylation sites (N-methyl/N-ethyl adjacent to an activating group) is 1. The summed E-state index contributed by atoms with van der Waals surface area (Å²) in [7, 11) is 1.58. The fourth-order valence-corrected chi connectivity index (χ4v) is 1.69. The van der Waals surface area contributed by atoms with Gasteiger partial charge in [-0.1, -0.05) is 0 Å². The smallest absolute Gasteiger partial charge is 0.132 e. The van der Waals surface area contributed by atoms with Crippen LogP contribution < -0.4 is 4.89 Å². The summed E-state index contributed by atoms with van der Waals surface area (Å²) in [6, 6.07) is 0. The van der Waals surface area contributed by atoms with Gasteiger partial charge in [0.15, 0.2) is 0 Å². The van der Waals surface area contributed by atoms with Crippen LogP contribution in [0.3, 0.4) is 0 Å². The van der Waals surface area contributed by atoms with Gasteiger partial charge in [0.1, 0.15) is 14.1 Å². The van der Waals surface area contributed by atoms with Crippen molar-refractivity contribution in [3.05, 3.63) is 0 Å².